The van der Waals surface area contributed by atoms with Gasteiger partial charge < -0.3 is 14.6 Å². The summed E-state index contributed by atoms with van der Waals surface area (Å²) < 4.78 is 10.3. The average molecular weight is 449 g/mol. The van der Waals surface area contributed by atoms with E-state index in [1.54, 1.807) is 25.1 Å². The maximum Gasteiger partial charge on any atom is 0.338 e. The number of carbonyl (C=O) groups excluding carboxylic acids is 2. The Balaban J connectivity index is 1.32. The smallest absolute Gasteiger partial charge is 0.338 e. The lowest BCUT2D eigenvalue weighted by Gasteiger charge is -2.30. The number of aromatic nitrogens is 2. The standard InChI is InChI=1S/C25H28N4O4/c1-16-7-4-5-8-19(16)23-27-22(33-28-23)15-29-13-11-18(12-14-29)24(30)26-21-10-6-9-20(17(21)2)25(31)32-3/h4-10,18H,11-15H2,1-3H3,(H,26,30). The van der Waals surface area contributed by atoms with E-state index in [9.17, 15) is 9.59 Å². The lowest BCUT2D eigenvalue weighted by atomic mass is 9.95. The average Bonchev–Trinajstić information content (AvgIpc) is 3.28. The van der Waals surface area contributed by atoms with Crippen LogP contribution in [0.2, 0.25) is 0 Å². The number of esters is 1. The van der Waals surface area contributed by atoms with Gasteiger partial charge in [-0.15, -0.1) is 0 Å². The number of aryl methyl sites for hydroxylation is 1. The summed E-state index contributed by atoms with van der Waals surface area (Å²) in [5.41, 5.74) is 3.86. The van der Waals surface area contributed by atoms with E-state index < -0.39 is 5.97 Å². The largest absolute Gasteiger partial charge is 0.465 e. The monoisotopic (exact) mass is 448 g/mol. The Hall–Kier alpha value is -3.52. The molecule has 0 aliphatic carbocycles. The Morgan fingerprint density at radius 2 is 1.88 bits per heavy atom. The highest BCUT2D eigenvalue weighted by Gasteiger charge is 2.27. The number of hydrogen-bond donors (Lipinski definition) is 1. The van der Waals surface area contributed by atoms with Gasteiger partial charge in [0.05, 0.1) is 19.2 Å². The molecule has 1 N–H and O–H groups in total. The van der Waals surface area contributed by atoms with Gasteiger partial charge in [-0.05, 0) is 63.0 Å². The fourth-order valence-corrected chi connectivity index (χ4v) is 4.13. The number of hydrogen-bond acceptors (Lipinski definition) is 7. The molecule has 0 atom stereocenters. The number of piperidine rings is 1. The molecule has 1 saturated heterocycles. The van der Waals surface area contributed by atoms with E-state index in [1.807, 2.05) is 31.2 Å². The number of amides is 1. The van der Waals surface area contributed by atoms with Gasteiger partial charge in [-0.2, -0.15) is 4.98 Å². The number of methoxy groups -OCH3 is 1. The topological polar surface area (TPSA) is 97.6 Å². The van der Waals surface area contributed by atoms with Crippen LogP contribution in [0.1, 0.15) is 40.2 Å². The first-order valence-corrected chi connectivity index (χ1v) is 11.1. The van der Waals surface area contributed by atoms with Crippen molar-refractivity contribution < 1.29 is 18.8 Å². The second kappa shape index (κ2) is 9.95. The minimum Gasteiger partial charge on any atom is -0.465 e. The Bertz CT molecular complexity index is 1150. The summed E-state index contributed by atoms with van der Waals surface area (Å²) in [4.78, 5) is 31.5. The molecule has 0 saturated carbocycles. The minimum atomic E-state index is -0.413. The molecule has 1 aromatic heterocycles. The number of nitrogens with zero attached hydrogens (tertiary/aromatic N) is 3. The summed E-state index contributed by atoms with van der Waals surface area (Å²) in [5, 5.41) is 7.11. The summed E-state index contributed by atoms with van der Waals surface area (Å²) in [6, 6.07) is 13.2. The fraction of sp³-hybridized carbons (Fsp3) is 0.360. The number of carbonyl (C=O) groups is 2. The number of ether oxygens (including phenoxy) is 1. The summed E-state index contributed by atoms with van der Waals surface area (Å²) in [7, 11) is 1.35. The molecule has 1 amide bonds. The lowest BCUT2D eigenvalue weighted by Crippen LogP contribution is -2.38. The molecule has 2 heterocycles. The second-order valence-corrected chi connectivity index (χ2v) is 8.34. The van der Waals surface area contributed by atoms with E-state index in [-0.39, 0.29) is 11.8 Å². The zero-order valence-corrected chi connectivity index (χ0v) is 19.1. The van der Waals surface area contributed by atoms with Crippen molar-refractivity contribution >= 4 is 17.6 Å². The highest BCUT2D eigenvalue weighted by atomic mass is 16.5. The zero-order chi connectivity index (χ0) is 23.4. The van der Waals surface area contributed by atoms with Crippen molar-refractivity contribution in [2.75, 3.05) is 25.5 Å². The van der Waals surface area contributed by atoms with E-state index in [4.69, 9.17) is 9.26 Å². The Morgan fingerprint density at radius 1 is 1.12 bits per heavy atom. The molecule has 1 aliphatic heterocycles. The molecular weight excluding hydrogens is 420 g/mol. The van der Waals surface area contributed by atoms with Gasteiger partial charge >= 0.3 is 5.97 Å². The fourth-order valence-electron chi connectivity index (χ4n) is 4.13. The maximum absolute atomic E-state index is 12.8. The minimum absolute atomic E-state index is 0.0283. The van der Waals surface area contributed by atoms with Gasteiger partial charge in [0.1, 0.15) is 0 Å². The number of nitrogens with one attached hydrogen (secondary N) is 1. The van der Waals surface area contributed by atoms with E-state index in [0.717, 1.165) is 37.1 Å². The molecule has 172 valence electrons. The van der Waals surface area contributed by atoms with Crippen LogP contribution in [0.5, 0.6) is 0 Å². The molecule has 1 fully saturated rings. The van der Waals surface area contributed by atoms with Crippen molar-refractivity contribution in [3.63, 3.8) is 0 Å². The summed E-state index contributed by atoms with van der Waals surface area (Å²) >= 11 is 0. The van der Waals surface area contributed by atoms with Crippen molar-refractivity contribution in [3.05, 3.63) is 65.0 Å². The van der Waals surface area contributed by atoms with E-state index >= 15 is 0 Å². The van der Waals surface area contributed by atoms with Crippen LogP contribution in [0.3, 0.4) is 0 Å². The zero-order valence-electron chi connectivity index (χ0n) is 19.1. The maximum atomic E-state index is 12.8. The third-order valence-electron chi connectivity index (χ3n) is 6.17. The normalized spacial score (nSPS) is 14.8. The quantitative estimate of drug-likeness (QED) is 0.570. The van der Waals surface area contributed by atoms with Crippen LogP contribution in [-0.2, 0) is 16.1 Å². The number of benzene rings is 2. The molecule has 8 heteroatoms. The van der Waals surface area contributed by atoms with E-state index in [1.165, 1.54) is 7.11 Å². The molecule has 3 aromatic rings. The van der Waals surface area contributed by atoms with Crippen molar-refractivity contribution in [2.24, 2.45) is 5.92 Å². The molecule has 0 unspecified atom stereocenters. The SMILES string of the molecule is COC(=O)c1cccc(NC(=O)C2CCN(Cc3nc(-c4ccccc4C)no3)CC2)c1C. The third-order valence-corrected chi connectivity index (χ3v) is 6.17. The Kier molecular flexibility index (Phi) is 6.84. The van der Waals surface area contributed by atoms with Gasteiger partial charge in [0.15, 0.2) is 0 Å². The van der Waals surface area contributed by atoms with Gasteiger partial charge in [-0.3, -0.25) is 9.69 Å². The van der Waals surface area contributed by atoms with Gasteiger partial charge in [-0.1, -0.05) is 35.5 Å². The first kappa shape index (κ1) is 22.7. The number of likely N-dealkylation sites (tertiary alicyclic amines) is 1. The molecule has 4 rings (SSSR count). The highest BCUT2D eigenvalue weighted by molar-refractivity contribution is 5.97. The Labute approximate surface area is 192 Å². The van der Waals surface area contributed by atoms with Gasteiger partial charge in [0.2, 0.25) is 17.6 Å². The van der Waals surface area contributed by atoms with Gasteiger partial charge in [-0.25, -0.2) is 4.79 Å². The van der Waals surface area contributed by atoms with Crippen LogP contribution in [0.4, 0.5) is 5.69 Å². The van der Waals surface area contributed by atoms with Crippen LogP contribution in [0.25, 0.3) is 11.4 Å². The first-order valence-electron chi connectivity index (χ1n) is 11.1. The van der Waals surface area contributed by atoms with Crippen molar-refractivity contribution in [1.29, 1.82) is 0 Å². The summed E-state index contributed by atoms with van der Waals surface area (Å²) in [6.07, 6.45) is 1.47. The van der Waals surface area contributed by atoms with Crippen LogP contribution in [0.15, 0.2) is 47.0 Å². The molecule has 0 bridgehead atoms. The molecule has 0 spiro atoms. The molecule has 8 nitrogen and oxygen atoms in total. The predicted octanol–water partition coefficient (Wildman–Crippen LogP) is 3.99. The molecule has 2 aromatic carbocycles. The van der Waals surface area contributed by atoms with E-state index in [2.05, 4.69) is 20.4 Å². The molecule has 33 heavy (non-hydrogen) atoms. The number of rotatable bonds is 6. The van der Waals surface area contributed by atoms with Crippen LogP contribution >= 0.6 is 0 Å². The lowest BCUT2D eigenvalue weighted by molar-refractivity contribution is -0.121. The van der Waals surface area contributed by atoms with Crippen molar-refractivity contribution in [1.82, 2.24) is 15.0 Å². The van der Waals surface area contributed by atoms with Crippen LogP contribution < -0.4 is 5.32 Å². The van der Waals surface area contributed by atoms with Gasteiger partial charge in [0.25, 0.3) is 0 Å². The second-order valence-electron chi connectivity index (χ2n) is 8.34. The predicted molar refractivity (Wildman–Crippen MR) is 124 cm³/mol. The highest BCUT2D eigenvalue weighted by Crippen LogP contribution is 2.25. The molecule has 0 radical (unpaired) electrons. The van der Waals surface area contributed by atoms with Crippen molar-refractivity contribution in [3.8, 4) is 11.4 Å². The summed E-state index contributed by atoms with van der Waals surface area (Å²) in [5.74, 6) is 0.642. The number of anilines is 1. The van der Waals surface area contributed by atoms with Crippen molar-refractivity contribution in [2.45, 2.75) is 33.2 Å². The molecule has 1 aliphatic rings. The van der Waals surface area contributed by atoms with Gasteiger partial charge in [0, 0.05) is 17.2 Å². The van der Waals surface area contributed by atoms with Crippen LogP contribution in [0, 0.1) is 19.8 Å². The molecular formula is C25H28N4O4. The third kappa shape index (κ3) is 5.12. The van der Waals surface area contributed by atoms with E-state index in [0.29, 0.717) is 35.1 Å². The first-order chi connectivity index (χ1) is 16.0. The summed E-state index contributed by atoms with van der Waals surface area (Å²) in [6.45, 7) is 5.92. The van der Waals surface area contributed by atoms with Crippen LogP contribution in [-0.4, -0.2) is 47.1 Å². The Morgan fingerprint density at radius 3 is 2.61 bits per heavy atom.